The first-order valence-electron chi connectivity index (χ1n) is 2.59. The Morgan fingerprint density at radius 3 is 2.90 bits per heavy atom. The Morgan fingerprint density at radius 2 is 2.40 bits per heavy atom. The highest BCUT2D eigenvalue weighted by Gasteiger charge is 2.09. The maximum atomic E-state index is 9.71. The molecule has 1 atom stereocenters. The van der Waals surface area contributed by atoms with Gasteiger partial charge in [-0.3, -0.25) is 4.84 Å². The molecule has 0 bridgehead atoms. The Balaban J connectivity index is 2.37. The van der Waals surface area contributed by atoms with Gasteiger partial charge in [-0.2, -0.15) is 0 Å². The zero-order valence-corrected chi connectivity index (χ0v) is 4.97. The first-order chi connectivity index (χ1) is 4.79. The molecule has 5 nitrogen and oxygen atoms in total. The molecule has 1 aliphatic heterocycles. The van der Waals surface area contributed by atoms with Crippen molar-refractivity contribution in [3.05, 3.63) is 34.6 Å². The fraction of sp³-hybridized carbons (Fsp3) is 0.200. The van der Waals surface area contributed by atoms with Gasteiger partial charge in [-0.25, -0.2) is 0 Å². The van der Waals surface area contributed by atoms with Crippen LogP contribution in [-0.2, 0) is 9.57 Å². The van der Waals surface area contributed by atoms with Gasteiger partial charge in [-0.1, -0.05) is 6.08 Å². The Kier molecular flexibility index (Phi) is 1.89. The Morgan fingerprint density at radius 1 is 1.60 bits per heavy atom. The summed E-state index contributed by atoms with van der Waals surface area (Å²) in [5.41, 5.74) is 0. The Labute approximate surface area is 56.6 Å². The molecule has 5 heteroatoms. The lowest BCUT2D eigenvalue weighted by Gasteiger charge is -2.11. The quantitative estimate of drug-likeness (QED) is 0.420. The van der Waals surface area contributed by atoms with Gasteiger partial charge in [0.15, 0.2) is 0 Å². The van der Waals surface area contributed by atoms with E-state index in [1.807, 2.05) is 0 Å². The lowest BCUT2D eigenvalue weighted by Crippen LogP contribution is -2.16. The largest absolute Gasteiger partial charge is 0.468 e. The number of hydrogen-bond donors (Lipinski definition) is 0. The first-order valence-corrected chi connectivity index (χ1v) is 2.59. The van der Waals surface area contributed by atoms with Crippen LogP contribution < -0.4 is 0 Å². The van der Waals surface area contributed by atoms with E-state index in [1.165, 1.54) is 12.3 Å². The molecule has 1 rings (SSSR count). The van der Waals surface area contributed by atoms with Crippen LogP contribution in [0.3, 0.4) is 0 Å². The summed E-state index contributed by atoms with van der Waals surface area (Å²) in [5, 5.41) is 8.82. The third kappa shape index (κ3) is 1.77. The van der Waals surface area contributed by atoms with Crippen LogP contribution in [0.2, 0.25) is 0 Å². The van der Waals surface area contributed by atoms with E-state index in [-0.39, 0.29) is 0 Å². The standard InChI is InChI=1S/C5H5NO4/c7-6(8)10-5-3-1-2-4-9-5/h1-5H. The molecule has 0 saturated heterocycles. The van der Waals surface area contributed by atoms with Crippen molar-refractivity contribution in [1.82, 2.24) is 0 Å². The number of allylic oxidation sites excluding steroid dienone is 2. The minimum Gasteiger partial charge on any atom is -0.468 e. The number of rotatable bonds is 2. The molecule has 1 aliphatic rings. The van der Waals surface area contributed by atoms with Gasteiger partial charge in [0, 0.05) is 0 Å². The summed E-state index contributed by atoms with van der Waals surface area (Å²) in [5.74, 6) is 0. The van der Waals surface area contributed by atoms with Crippen LogP contribution in [0.25, 0.3) is 0 Å². The van der Waals surface area contributed by atoms with Gasteiger partial charge < -0.3 is 4.74 Å². The van der Waals surface area contributed by atoms with Gasteiger partial charge in [-0.05, 0) is 12.2 Å². The van der Waals surface area contributed by atoms with Crippen molar-refractivity contribution >= 4 is 0 Å². The van der Waals surface area contributed by atoms with Crippen LogP contribution >= 0.6 is 0 Å². The van der Waals surface area contributed by atoms with E-state index in [0.29, 0.717) is 0 Å². The van der Waals surface area contributed by atoms with Crippen LogP contribution in [0, 0.1) is 10.1 Å². The summed E-state index contributed by atoms with van der Waals surface area (Å²) in [6.45, 7) is 0. The molecule has 10 heavy (non-hydrogen) atoms. The summed E-state index contributed by atoms with van der Waals surface area (Å²) >= 11 is 0. The summed E-state index contributed by atoms with van der Waals surface area (Å²) in [7, 11) is 0. The lowest BCUT2D eigenvalue weighted by atomic mass is 10.4. The van der Waals surface area contributed by atoms with Crippen LogP contribution in [0.1, 0.15) is 0 Å². The van der Waals surface area contributed by atoms with E-state index in [0.717, 1.165) is 0 Å². The molecule has 0 aromatic carbocycles. The van der Waals surface area contributed by atoms with Crippen molar-refractivity contribution in [3.8, 4) is 0 Å². The molecule has 0 aliphatic carbocycles. The van der Waals surface area contributed by atoms with E-state index in [4.69, 9.17) is 0 Å². The molecule has 0 radical (unpaired) electrons. The molecular formula is C5H5NO4. The molecule has 0 fully saturated rings. The van der Waals surface area contributed by atoms with Crippen LogP contribution in [0.5, 0.6) is 0 Å². The minimum atomic E-state index is -0.895. The van der Waals surface area contributed by atoms with Crippen molar-refractivity contribution < 1.29 is 14.7 Å². The van der Waals surface area contributed by atoms with Crippen LogP contribution in [0.15, 0.2) is 24.5 Å². The molecule has 1 unspecified atom stereocenters. The van der Waals surface area contributed by atoms with Crippen molar-refractivity contribution in [1.29, 1.82) is 0 Å². The second-order valence-corrected chi connectivity index (χ2v) is 1.55. The average Bonchev–Trinajstić information content (AvgIpc) is 1.88. The van der Waals surface area contributed by atoms with Gasteiger partial charge in [0.2, 0.25) is 0 Å². The highest BCUT2D eigenvalue weighted by Crippen LogP contribution is 2.02. The highest BCUT2D eigenvalue weighted by atomic mass is 17.0. The topological polar surface area (TPSA) is 61.6 Å². The van der Waals surface area contributed by atoms with Crippen molar-refractivity contribution in [2.24, 2.45) is 0 Å². The average molecular weight is 143 g/mol. The lowest BCUT2D eigenvalue weighted by molar-refractivity contribution is -0.775. The minimum absolute atomic E-state index is 0.889. The summed E-state index contributed by atoms with van der Waals surface area (Å²) in [6, 6.07) is 0. The second kappa shape index (κ2) is 2.86. The Hall–Kier alpha value is -1.52. The van der Waals surface area contributed by atoms with Crippen LogP contribution in [-0.4, -0.2) is 11.4 Å². The first kappa shape index (κ1) is 6.60. The van der Waals surface area contributed by atoms with E-state index in [1.54, 1.807) is 12.2 Å². The summed E-state index contributed by atoms with van der Waals surface area (Å²) in [4.78, 5) is 13.8. The predicted molar refractivity (Wildman–Crippen MR) is 31.2 cm³/mol. The summed E-state index contributed by atoms with van der Waals surface area (Å²) in [6.07, 6.45) is 5.09. The molecule has 0 saturated carbocycles. The van der Waals surface area contributed by atoms with E-state index >= 15 is 0 Å². The smallest absolute Gasteiger partial charge is 0.298 e. The maximum absolute atomic E-state index is 9.71. The molecule has 0 N–H and O–H groups in total. The highest BCUT2D eigenvalue weighted by molar-refractivity contribution is 5.04. The maximum Gasteiger partial charge on any atom is 0.298 e. The Bertz CT molecular complexity index is 186. The van der Waals surface area contributed by atoms with Gasteiger partial charge in [-0.15, -0.1) is 10.1 Å². The van der Waals surface area contributed by atoms with Crippen molar-refractivity contribution in [2.75, 3.05) is 0 Å². The monoisotopic (exact) mass is 143 g/mol. The van der Waals surface area contributed by atoms with Gasteiger partial charge in [0.25, 0.3) is 11.4 Å². The van der Waals surface area contributed by atoms with Gasteiger partial charge >= 0.3 is 0 Å². The van der Waals surface area contributed by atoms with E-state index in [2.05, 4.69) is 9.57 Å². The van der Waals surface area contributed by atoms with Crippen molar-refractivity contribution in [2.45, 2.75) is 6.29 Å². The number of nitrogens with zero attached hydrogens (tertiary/aromatic N) is 1. The van der Waals surface area contributed by atoms with Gasteiger partial charge in [0.1, 0.15) is 0 Å². The van der Waals surface area contributed by atoms with E-state index in [9.17, 15) is 10.1 Å². The zero-order valence-electron chi connectivity index (χ0n) is 4.97. The fourth-order valence-corrected chi connectivity index (χ4v) is 0.513. The molecule has 0 aromatic rings. The predicted octanol–water partition coefficient (Wildman–Crippen LogP) is 0.621. The fourth-order valence-electron chi connectivity index (χ4n) is 0.513. The molecular weight excluding hydrogens is 138 g/mol. The molecule has 0 spiro atoms. The second-order valence-electron chi connectivity index (χ2n) is 1.55. The third-order valence-electron chi connectivity index (χ3n) is 0.861. The number of ether oxygens (including phenoxy) is 1. The normalized spacial score (nSPS) is 21.8. The molecule has 1 heterocycles. The van der Waals surface area contributed by atoms with Gasteiger partial charge in [0.05, 0.1) is 6.26 Å². The van der Waals surface area contributed by atoms with Crippen LogP contribution in [0.4, 0.5) is 0 Å². The third-order valence-corrected chi connectivity index (χ3v) is 0.861. The molecule has 0 aromatic heterocycles. The summed E-state index contributed by atoms with van der Waals surface area (Å²) < 4.78 is 4.66. The number of hydrogen-bond acceptors (Lipinski definition) is 4. The SMILES string of the molecule is O=[N+]([O-])OC1C=CC=CO1. The van der Waals surface area contributed by atoms with E-state index < -0.39 is 11.4 Å². The molecule has 54 valence electrons. The van der Waals surface area contributed by atoms with Crippen molar-refractivity contribution in [3.63, 3.8) is 0 Å². The molecule has 0 amide bonds. The zero-order chi connectivity index (χ0) is 7.40.